The molecule has 15 heavy (non-hydrogen) atoms. The van der Waals surface area contributed by atoms with E-state index >= 15 is 0 Å². The summed E-state index contributed by atoms with van der Waals surface area (Å²) in [5.41, 5.74) is 1.25. The average molecular weight is 222 g/mol. The molecule has 2 saturated heterocycles. The highest BCUT2D eigenvalue weighted by molar-refractivity contribution is 7.09. The molecule has 1 aromatic heterocycles. The van der Waals surface area contributed by atoms with Gasteiger partial charge in [-0.05, 0) is 24.4 Å². The lowest BCUT2D eigenvalue weighted by molar-refractivity contribution is 0.130. The summed E-state index contributed by atoms with van der Waals surface area (Å²) in [6, 6.07) is 4.12. The van der Waals surface area contributed by atoms with Crippen molar-refractivity contribution in [2.24, 2.45) is 11.1 Å². The fraction of sp³-hybridized carbons (Fsp3) is 0.545. The molecule has 1 aromatic rings. The van der Waals surface area contributed by atoms with Crippen LogP contribution >= 0.6 is 11.3 Å². The molecule has 0 spiro atoms. The Hall–Kier alpha value is -0.870. The zero-order chi connectivity index (χ0) is 10.1. The highest BCUT2D eigenvalue weighted by Gasteiger charge is 2.35. The van der Waals surface area contributed by atoms with Crippen LogP contribution in [0.25, 0.3) is 0 Å². The monoisotopic (exact) mass is 222 g/mol. The number of fused-ring (bicyclic) bond motifs is 2. The van der Waals surface area contributed by atoms with E-state index in [1.54, 1.807) is 11.3 Å². The smallest absolute Gasteiger partial charge is 0.151 e. The Kier molecular flexibility index (Phi) is 2.46. The average Bonchev–Trinajstić information content (AvgIpc) is 2.93. The Morgan fingerprint density at radius 1 is 1.60 bits per heavy atom. The van der Waals surface area contributed by atoms with E-state index in [1.807, 2.05) is 6.07 Å². The lowest BCUT2D eigenvalue weighted by Crippen LogP contribution is -2.23. The van der Waals surface area contributed by atoms with Gasteiger partial charge in [0.2, 0.25) is 0 Å². The van der Waals surface area contributed by atoms with E-state index in [0.717, 1.165) is 6.54 Å². The molecule has 0 saturated carbocycles. The lowest BCUT2D eigenvalue weighted by Gasteiger charge is -2.12. The van der Waals surface area contributed by atoms with Crippen molar-refractivity contribution in [1.29, 1.82) is 0 Å². The van der Waals surface area contributed by atoms with E-state index in [-0.39, 0.29) is 0 Å². The molecule has 3 rings (SSSR count). The Morgan fingerprint density at radius 2 is 2.60 bits per heavy atom. The van der Waals surface area contributed by atoms with Crippen LogP contribution in [0.5, 0.6) is 0 Å². The van der Waals surface area contributed by atoms with Crippen LogP contribution in [0, 0.1) is 5.92 Å². The predicted octanol–water partition coefficient (Wildman–Crippen LogP) is 1.96. The van der Waals surface area contributed by atoms with Gasteiger partial charge in [0.15, 0.2) is 6.61 Å². The Balaban J connectivity index is 1.55. The van der Waals surface area contributed by atoms with Gasteiger partial charge in [0.05, 0.1) is 5.71 Å². The number of thiophene rings is 1. The SMILES string of the molecule is c1csc(CON=C2CN3CCC2C3)c1. The number of piperidine rings is 1. The van der Waals surface area contributed by atoms with Crippen LogP contribution in [0.15, 0.2) is 22.7 Å². The van der Waals surface area contributed by atoms with Crippen LogP contribution < -0.4 is 0 Å². The topological polar surface area (TPSA) is 24.8 Å². The van der Waals surface area contributed by atoms with Gasteiger partial charge in [-0.15, -0.1) is 11.3 Å². The van der Waals surface area contributed by atoms with Crippen LogP contribution in [0.2, 0.25) is 0 Å². The van der Waals surface area contributed by atoms with Crippen molar-refractivity contribution >= 4 is 17.0 Å². The third kappa shape index (κ3) is 1.92. The molecule has 3 heterocycles. The second kappa shape index (κ2) is 3.94. The largest absolute Gasteiger partial charge is 0.390 e. The molecule has 2 aliphatic rings. The molecule has 2 aliphatic heterocycles. The summed E-state index contributed by atoms with van der Waals surface area (Å²) in [6.07, 6.45) is 1.27. The number of oxime groups is 1. The number of rotatable bonds is 3. The Morgan fingerprint density at radius 3 is 3.27 bits per heavy atom. The predicted molar refractivity (Wildman–Crippen MR) is 61.1 cm³/mol. The van der Waals surface area contributed by atoms with Crippen molar-refractivity contribution < 1.29 is 4.84 Å². The van der Waals surface area contributed by atoms with E-state index in [0.29, 0.717) is 12.5 Å². The van der Waals surface area contributed by atoms with Crippen molar-refractivity contribution in [2.45, 2.75) is 13.0 Å². The summed E-state index contributed by atoms with van der Waals surface area (Å²) in [5.74, 6) is 0.674. The first-order chi connectivity index (χ1) is 7.42. The van der Waals surface area contributed by atoms with E-state index in [9.17, 15) is 0 Å². The first kappa shape index (κ1) is 9.36. The summed E-state index contributed by atoms with van der Waals surface area (Å²) in [4.78, 5) is 9.07. The van der Waals surface area contributed by atoms with E-state index in [4.69, 9.17) is 4.84 Å². The number of nitrogens with zero attached hydrogens (tertiary/aromatic N) is 2. The minimum absolute atomic E-state index is 0.619. The molecule has 2 unspecified atom stereocenters. The molecule has 2 fully saturated rings. The third-order valence-electron chi connectivity index (χ3n) is 3.10. The molecule has 2 atom stereocenters. The number of hydrogen-bond donors (Lipinski definition) is 0. The fourth-order valence-electron chi connectivity index (χ4n) is 2.28. The quantitative estimate of drug-likeness (QED) is 0.730. The van der Waals surface area contributed by atoms with E-state index in [2.05, 4.69) is 21.5 Å². The van der Waals surface area contributed by atoms with Crippen LogP contribution in [0.4, 0.5) is 0 Å². The van der Waals surface area contributed by atoms with Gasteiger partial charge in [0.25, 0.3) is 0 Å². The lowest BCUT2D eigenvalue weighted by atomic mass is 10.0. The van der Waals surface area contributed by atoms with Crippen molar-refractivity contribution in [1.82, 2.24) is 4.90 Å². The molecule has 3 nitrogen and oxygen atoms in total. The Labute approximate surface area is 93.3 Å². The van der Waals surface area contributed by atoms with Gasteiger partial charge in [-0.25, -0.2) is 0 Å². The molecular formula is C11H14N2OS. The third-order valence-corrected chi connectivity index (χ3v) is 3.95. The van der Waals surface area contributed by atoms with Crippen molar-refractivity contribution in [3.05, 3.63) is 22.4 Å². The normalized spacial score (nSPS) is 31.3. The van der Waals surface area contributed by atoms with Gasteiger partial charge < -0.3 is 4.84 Å². The van der Waals surface area contributed by atoms with Crippen LogP contribution in [0.3, 0.4) is 0 Å². The molecule has 2 bridgehead atoms. The zero-order valence-corrected chi connectivity index (χ0v) is 9.37. The maximum absolute atomic E-state index is 5.39. The van der Waals surface area contributed by atoms with Crippen molar-refractivity contribution in [3.63, 3.8) is 0 Å². The molecule has 80 valence electrons. The van der Waals surface area contributed by atoms with E-state index < -0.39 is 0 Å². The second-order valence-corrected chi connectivity index (χ2v) is 5.19. The van der Waals surface area contributed by atoms with Crippen LogP contribution in [-0.4, -0.2) is 30.2 Å². The summed E-state index contributed by atoms with van der Waals surface area (Å²) in [6.45, 7) is 4.08. The van der Waals surface area contributed by atoms with E-state index in [1.165, 1.54) is 30.1 Å². The number of hydrogen-bond acceptors (Lipinski definition) is 4. The minimum atomic E-state index is 0.619. The maximum Gasteiger partial charge on any atom is 0.151 e. The zero-order valence-electron chi connectivity index (χ0n) is 8.56. The molecule has 4 heteroatoms. The van der Waals surface area contributed by atoms with Crippen molar-refractivity contribution in [3.8, 4) is 0 Å². The molecule has 0 aromatic carbocycles. The summed E-state index contributed by atoms with van der Waals surface area (Å²) >= 11 is 1.72. The minimum Gasteiger partial charge on any atom is -0.390 e. The van der Waals surface area contributed by atoms with Gasteiger partial charge in [-0.2, -0.15) is 0 Å². The molecule has 0 N–H and O–H groups in total. The standard InChI is InChI=1S/C11H14N2OS/c1-2-10(15-5-1)8-14-12-11-7-13-4-3-9(11)6-13/h1-2,5,9H,3-4,6-8H2. The highest BCUT2D eigenvalue weighted by Crippen LogP contribution is 2.25. The van der Waals surface area contributed by atoms with Gasteiger partial charge in [0, 0.05) is 23.9 Å². The summed E-state index contributed by atoms with van der Waals surface area (Å²) in [7, 11) is 0. The molecule has 0 amide bonds. The molecule has 0 radical (unpaired) electrons. The summed E-state index contributed by atoms with van der Waals surface area (Å²) in [5, 5.41) is 6.33. The van der Waals surface area contributed by atoms with Crippen LogP contribution in [0.1, 0.15) is 11.3 Å². The van der Waals surface area contributed by atoms with Gasteiger partial charge in [0.1, 0.15) is 0 Å². The van der Waals surface area contributed by atoms with Gasteiger partial charge in [-0.3, -0.25) is 4.90 Å². The second-order valence-electron chi connectivity index (χ2n) is 4.16. The maximum atomic E-state index is 5.39. The molecule has 0 aliphatic carbocycles. The first-order valence-corrected chi connectivity index (χ1v) is 6.23. The summed E-state index contributed by atoms with van der Waals surface area (Å²) < 4.78 is 0. The fourth-order valence-corrected chi connectivity index (χ4v) is 2.89. The first-order valence-electron chi connectivity index (χ1n) is 5.35. The Bertz CT molecular complexity index is 361. The highest BCUT2D eigenvalue weighted by atomic mass is 32.1. The van der Waals surface area contributed by atoms with Crippen molar-refractivity contribution in [2.75, 3.05) is 19.6 Å². The van der Waals surface area contributed by atoms with Gasteiger partial charge >= 0.3 is 0 Å². The molecular weight excluding hydrogens is 208 g/mol. The van der Waals surface area contributed by atoms with Gasteiger partial charge in [-0.1, -0.05) is 11.2 Å². The van der Waals surface area contributed by atoms with Crippen LogP contribution in [-0.2, 0) is 11.4 Å².